The van der Waals surface area contributed by atoms with Crippen molar-refractivity contribution in [2.75, 3.05) is 7.11 Å². The predicted molar refractivity (Wildman–Crippen MR) is 73.6 cm³/mol. The van der Waals surface area contributed by atoms with Crippen LogP contribution in [0.4, 0.5) is 0 Å². The molecule has 0 heterocycles. The molecule has 2 aliphatic carbocycles. The molecule has 1 fully saturated rings. The third kappa shape index (κ3) is 2.24. The molecule has 0 spiro atoms. The average molecular weight is 264 g/mol. The van der Waals surface area contributed by atoms with E-state index in [1.807, 2.05) is 6.92 Å². The number of ether oxygens (including phenoxy) is 1. The maximum atomic E-state index is 12.3. The number of carbonyl (C=O) groups is 2. The van der Waals surface area contributed by atoms with Gasteiger partial charge in [0.1, 0.15) is 6.29 Å². The van der Waals surface area contributed by atoms with E-state index in [0.717, 1.165) is 49.5 Å². The third-order valence-corrected chi connectivity index (χ3v) is 5.20. The Hall–Kier alpha value is -1.12. The van der Waals surface area contributed by atoms with Crippen LogP contribution in [0, 0.1) is 16.7 Å². The molecule has 0 N–H and O–H groups in total. The highest BCUT2D eigenvalue weighted by atomic mass is 16.5. The Bertz CT molecular complexity index is 433. The predicted octanol–water partition coefficient (Wildman–Crippen LogP) is 3.28. The first-order valence-corrected chi connectivity index (χ1v) is 7.09. The van der Waals surface area contributed by atoms with E-state index in [1.165, 1.54) is 7.11 Å². The summed E-state index contributed by atoms with van der Waals surface area (Å²) in [6, 6.07) is 0. The lowest BCUT2D eigenvalue weighted by molar-refractivity contribution is -0.161. The zero-order valence-corrected chi connectivity index (χ0v) is 12.4. The van der Waals surface area contributed by atoms with Crippen LogP contribution in [0.5, 0.6) is 0 Å². The average Bonchev–Trinajstić information content (AvgIpc) is 2.37. The molecule has 3 nitrogen and oxygen atoms in total. The molecule has 0 aliphatic heterocycles. The number of hydrogen-bond acceptors (Lipinski definition) is 3. The van der Waals surface area contributed by atoms with Crippen LogP contribution in [-0.4, -0.2) is 19.4 Å². The maximum Gasteiger partial charge on any atom is 0.312 e. The van der Waals surface area contributed by atoms with E-state index in [9.17, 15) is 9.59 Å². The molecule has 0 amide bonds. The van der Waals surface area contributed by atoms with Gasteiger partial charge >= 0.3 is 5.97 Å². The van der Waals surface area contributed by atoms with E-state index in [4.69, 9.17) is 4.74 Å². The minimum absolute atomic E-state index is 0.0370. The van der Waals surface area contributed by atoms with Crippen molar-refractivity contribution in [3.8, 4) is 0 Å². The van der Waals surface area contributed by atoms with Crippen molar-refractivity contribution in [2.45, 2.75) is 52.9 Å². The number of esters is 1. The molecule has 0 saturated heterocycles. The van der Waals surface area contributed by atoms with Crippen LogP contribution in [0.1, 0.15) is 52.9 Å². The molecule has 2 atom stereocenters. The van der Waals surface area contributed by atoms with Crippen molar-refractivity contribution in [3.05, 3.63) is 11.1 Å². The fourth-order valence-electron chi connectivity index (χ4n) is 3.88. The highest BCUT2D eigenvalue weighted by Crippen LogP contribution is 2.57. The Balaban J connectivity index is 2.48. The molecule has 1 saturated carbocycles. The van der Waals surface area contributed by atoms with Gasteiger partial charge in [0.25, 0.3) is 0 Å². The summed E-state index contributed by atoms with van der Waals surface area (Å²) in [6.45, 7) is 6.47. The molecule has 19 heavy (non-hydrogen) atoms. The van der Waals surface area contributed by atoms with E-state index >= 15 is 0 Å². The Morgan fingerprint density at radius 1 is 1.32 bits per heavy atom. The molecule has 0 aromatic rings. The SMILES string of the molecule is COC(=O)[C@@]12CCC(C)=C(C=O)[C@H]1CC(C)(C)CC2. The zero-order valence-electron chi connectivity index (χ0n) is 12.4. The Morgan fingerprint density at radius 3 is 2.58 bits per heavy atom. The Morgan fingerprint density at radius 2 is 2.00 bits per heavy atom. The van der Waals surface area contributed by atoms with Gasteiger partial charge in [0, 0.05) is 5.92 Å². The smallest absolute Gasteiger partial charge is 0.312 e. The van der Waals surface area contributed by atoms with Gasteiger partial charge in [-0.05, 0) is 50.0 Å². The van der Waals surface area contributed by atoms with Crippen LogP contribution >= 0.6 is 0 Å². The van der Waals surface area contributed by atoms with Crippen molar-refractivity contribution in [1.82, 2.24) is 0 Å². The summed E-state index contributed by atoms with van der Waals surface area (Å²) in [5.41, 5.74) is 1.73. The van der Waals surface area contributed by atoms with E-state index in [-0.39, 0.29) is 17.3 Å². The lowest BCUT2D eigenvalue weighted by Crippen LogP contribution is -2.48. The summed E-state index contributed by atoms with van der Waals surface area (Å²) in [6.07, 6.45) is 5.38. The van der Waals surface area contributed by atoms with Crippen LogP contribution in [0.15, 0.2) is 11.1 Å². The minimum Gasteiger partial charge on any atom is -0.469 e. The quantitative estimate of drug-likeness (QED) is 0.568. The second kappa shape index (κ2) is 4.77. The van der Waals surface area contributed by atoms with Gasteiger partial charge in [-0.1, -0.05) is 19.4 Å². The van der Waals surface area contributed by atoms with E-state index in [0.29, 0.717) is 0 Å². The standard InChI is InChI=1S/C16H24O3/c1-11-5-6-16(14(18)19-4)8-7-15(2,3)9-13(16)12(11)10-17/h10,13H,5-9H2,1-4H3/t13-,16-/m1/s1. The molecule has 3 heteroatoms. The van der Waals surface area contributed by atoms with Crippen LogP contribution in [0.25, 0.3) is 0 Å². The topological polar surface area (TPSA) is 43.4 Å². The monoisotopic (exact) mass is 264 g/mol. The van der Waals surface area contributed by atoms with E-state index in [2.05, 4.69) is 13.8 Å². The number of aldehydes is 1. The van der Waals surface area contributed by atoms with Crippen molar-refractivity contribution in [3.63, 3.8) is 0 Å². The Labute approximate surface area is 115 Å². The summed E-state index contributed by atoms with van der Waals surface area (Å²) < 4.78 is 5.07. The fourth-order valence-corrected chi connectivity index (χ4v) is 3.88. The van der Waals surface area contributed by atoms with Gasteiger partial charge < -0.3 is 4.74 Å². The largest absolute Gasteiger partial charge is 0.469 e. The molecule has 0 bridgehead atoms. The number of allylic oxidation sites excluding steroid dienone is 2. The lowest BCUT2D eigenvalue weighted by atomic mass is 9.53. The number of fused-ring (bicyclic) bond motifs is 1. The molecular formula is C16H24O3. The first kappa shape index (κ1) is 14.3. The molecule has 0 aromatic carbocycles. The summed E-state index contributed by atoms with van der Waals surface area (Å²) in [5.74, 6) is -0.0881. The lowest BCUT2D eigenvalue weighted by Gasteiger charge is -2.50. The minimum atomic E-state index is -0.458. The summed E-state index contributed by atoms with van der Waals surface area (Å²) in [4.78, 5) is 23.8. The molecule has 2 aliphatic rings. The number of rotatable bonds is 2. The number of carbonyl (C=O) groups excluding carboxylic acids is 2. The van der Waals surface area contributed by atoms with E-state index in [1.54, 1.807) is 0 Å². The van der Waals surface area contributed by atoms with Gasteiger partial charge in [-0.25, -0.2) is 0 Å². The summed E-state index contributed by atoms with van der Waals surface area (Å²) in [5, 5.41) is 0. The molecule has 2 rings (SSSR count). The molecule has 106 valence electrons. The molecular weight excluding hydrogens is 240 g/mol. The second-order valence-corrected chi connectivity index (χ2v) is 6.92. The normalized spacial score (nSPS) is 33.6. The van der Waals surface area contributed by atoms with Crippen LogP contribution in [-0.2, 0) is 14.3 Å². The maximum absolute atomic E-state index is 12.3. The molecule has 0 aromatic heterocycles. The third-order valence-electron chi connectivity index (χ3n) is 5.20. The highest BCUT2D eigenvalue weighted by Gasteiger charge is 2.54. The van der Waals surface area contributed by atoms with Crippen LogP contribution in [0.3, 0.4) is 0 Å². The highest BCUT2D eigenvalue weighted by molar-refractivity contribution is 5.83. The number of methoxy groups -OCH3 is 1. The molecule has 0 radical (unpaired) electrons. The van der Waals surface area contributed by atoms with Gasteiger partial charge in [0.2, 0.25) is 0 Å². The van der Waals surface area contributed by atoms with E-state index < -0.39 is 5.41 Å². The fraction of sp³-hybridized carbons (Fsp3) is 0.750. The van der Waals surface area contributed by atoms with Gasteiger partial charge in [-0.2, -0.15) is 0 Å². The van der Waals surface area contributed by atoms with Gasteiger partial charge in [-0.15, -0.1) is 0 Å². The summed E-state index contributed by atoms with van der Waals surface area (Å²) in [7, 11) is 1.46. The zero-order chi connectivity index (χ0) is 14.3. The van der Waals surface area contributed by atoms with Crippen molar-refractivity contribution in [1.29, 1.82) is 0 Å². The Kier molecular flexibility index (Phi) is 3.59. The van der Waals surface area contributed by atoms with Crippen molar-refractivity contribution < 1.29 is 14.3 Å². The first-order valence-electron chi connectivity index (χ1n) is 7.09. The van der Waals surface area contributed by atoms with Gasteiger partial charge in [0.05, 0.1) is 12.5 Å². The van der Waals surface area contributed by atoms with Gasteiger partial charge in [0.15, 0.2) is 0 Å². The second-order valence-electron chi connectivity index (χ2n) is 6.92. The van der Waals surface area contributed by atoms with Gasteiger partial charge in [-0.3, -0.25) is 9.59 Å². The van der Waals surface area contributed by atoms with Crippen molar-refractivity contribution >= 4 is 12.3 Å². The van der Waals surface area contributed by atoms with Crippen LogP contribution < -0.4 is 0 Å². The van der Waals surface area contributed by atoms with Crippen molar-refractivity contribution in [2.24, 2.45) is 16.7 Å². The number of hydrogen-bond donors (Lipinski definition) is 0. The molecule has 0 unspecified atom stereocenters. The first-order chi connectivity index (χ1) is 8.86. The summed E-state index contributed by atoms with van der Waals surface area (Å²) >= 11 is 0. The van der Waals surface area contributed by atoms with Crippen LogP contribution in [0.2, 0.25) is 0 Å².